The van der Waals surface area contributed by atoms with E-state index in [4.69, 9.17) is 27.2 Å². The summed E-state index contributed by atoms with van der Waals surface area (Å²) in [4.78, 5) is 10.6. The van der Waals surface area contributed by atoms with Gasteiger partial charge in [-0.15, -0.1) is 11.6 Å². The van der Waals surface area contributed by atoms with Gasteiger partial charge in [-0.25, -0.2) is 0 Å². The molecule has 0 fully saturated rings. The Bertz CT molecular complexity index is 381. The number of carboxylic acids is 1. The molecule has 0 saturated heterocycles. The molecule has 3 N–H and O–H groups in total. The number of aliphatic carboxylic acids is 1. The highest BCUT2D eigenvalue weighted by atomic mass is 35.5. The normalized spacial score (nSPS) is 12.2. The van der Waals surface area contributed by atoms with Crippen molar-refractivity contribution in [3.05, 3.63) is 29.3 Å². The van der Waals surface area contributed by atoms with E-state index in [1.54, 1.807) is 19.2 Å². The summed E-state index contributed by atoms with van der Waals surface area (Å²) in [6.07, 6.45) is 0.281. The van der Waals surface area contributed by atoms with Crippen LogP contribution in [-0.2, 0) is 17.1 Å². The molecule has 0 spiro atoms. The number of ether oxygens (including phenoxy) is 1. The number of halogens is 1. The molecule has 1 aromatic carbocycles. The van der Waals surface area contributed by atoms with E-state index in [1.165, 1.54) is 0 Å². The third-order valence-electron chi connectivity index (χ3n) is 2.26. The minimum atomic E-state index is -1.01. The molecular weight excluding hydrogens is 230 g/mol. The minimum absolute atomic E-state index is 0.281. The number of carboxylic acid groups (broad SMARTS) is 1. The summed E-state index contributed by atoms with van der Waals surface area (Å²) in [7, 11) is 1.56. The number of hydrogen-bond donors (Lipinski definition) is 2. The second-order valence-corrected chi connectivity index (χ2v) is 3.70. The van der Waals surface area contributed by atoms with Gasteiger partial charge in [0.1, 0.15) is 11.8 Å². The highest BCUT2D eigenvalue weighted by molar-refractivity contribution is 6.17. The lowest BCUT2D eigenvalue weighted by atomic mass is 10.0. The van der Waals surface area contributed by atoms with E-state index in [0.717, 1.165) is 11.1 Å². The van der Waals surface area contributed by atoms with Gasteiger partial charge in [0.2, 0.25) is 0 Å². The molecule has 1 unspecified atom stereocenters. The Morgan fingerprint density at radius 2 is 2.31 bits per heavy atom. The van der Waals surface area contributed by atoms with Crippen molar-refractivity contribution >= 4 is 17.6 Å². The van der Waals surface area contributed by atoms with Gasteiger partial charge in [-0.05, 0) is 18.1 Å². The van der Waals surface area contributed by atoms with Gasteiger partial charge in [-0.2, -0.15) is 0 Å². The first-order valence-corrected chi connectivity index (χ1v) is 5.32. The predicted molar refractivity (Wildman–Crippen MR) is 61.9 cm³/mol. The van der Waals surface area contributed by atoms with Crippen LogP contribution in [-0.4, -0.2) is 24.2 Å². The standard InChI is InChI=1S/C11H14ClNO3/c1-16-10-3-2-7(4-8(10)6-12)5-9(13)11(14)15/h2-4,9H,5-6,13H2,1H3,(H,14,15). The molecule has 1 atom stereocenters. The molecule has 0 amide bonds. The Morgan fingerprint density at radius 3 is 2.81 bits per heavy atom. The first-order valence-electron chi connectivity index (χ1n) is 4.78. The van der Waals surface area contributed by atoms with Crippen LogP contribution in [0.3, 0.4) is 0 Å². The Kier molecular flexibility index (Phi) is 4.58. The van der Waals surface area contributed by atoms with E-state index in [0.29, 0.717) is 11.6 Å². The number of hydrogen-bond acceptors (Lipinski definition) is 3. The van der Waals surface area contributed by atoms with E-state index in [9.17, 15) is 4.79 Å². The monoisotopic (exact) mass is 243 g/mol. The summed E-state index contributed by atoms with van der Waals surface area (Å²) in [5.41, 5.74) is 7.12. The molecule has 0 bridgehead atoms. The third kappa shape index (κ3) is 3.12. The maximum Gasteiger partial charge on any atom is 0.320 e. The van der Waals surface area contributed by atoms with E-state index < -0.39 is 12.0 Å². The molecule has 88 valence electrons. The molecule has 0 aromatic heterocycles. The summed E-state index contributed by atoms with van der Waals surface area (Å²) >= 11 is 5.75. The van der Waals surface area contributed by atoms with Gasteiger partial charge in [0, 0.05) is 5.56 Å². The average Bonchev–Trinajstić information content (AvgIpc) is 2.28. The van der Waals surface area contributed by atoms with Crippen LogP contribution in [0.5, 0.6) is 5.75 Å². The molecule has 0 aliphatic heterocycles. The van der Waals surface area contributed by atoms with Crippen LogP contribution >= 0.6 is 11.6 Å². The first kappa shape index (κ1) is 12.8. The van der Waals surface area contributed by atoms with Crippen molar-refractivity contribution in [1.29, 1.82) is 0 Å². The van der Waals surface area contributed by atoms with Crippen LogP contribution in [0.2, 0.25) is 0 Å². The SMILES string of the molecule is COc1ccc(CC(N)C(=O)O)cc1CCl. The van der Waals surface area contributed by atoms with E-state index in [-0.39, 0.29) is 6.42 Å². The zero-order valence-corrected chi connectivity index (χ0v) is 9.70. The highest BCUT2D eigenvalue weighted by Gasteiger charge is 2.13. The zero-order chi connectivity index (χ0) is 12.1. The molecule has 5 heteroatoms. The van der Waals surface area contributed by atoms with Crippen molar-refractivity contribution in [2.24, 2.45) is 5.73 Å². The first-order chi connectivity index (χ1) is 7.58. The van der Waals surface area contributed by atoms with Gasteiger partial charge < -0.3 is 15.6 Å². The Labute approximate surface area is 99.0 Å². The maximum absolute atomic E-state index is 10.6. The number of rotatable bonds is 5. The summed E-state index contributed by atoms with van der Waals surface area (Å²) in [6.45, 7) is 0. The fraction of sp³-hybridized carbons (Fsp3) is 0.364. The Balaban J connectivity index is 2.86. The van der Waals surface area contributed by atoms with Gasteiger partial charge in [0.15, 0.2) is 0 Å². The molecule has 4 nitrogen and oxygen atoms in total. The van der Waals surface area contributed by atoms with Gasteiger partial charge >= 0.3 is 5.97 Å². The lowest BCUT2D eigenvalue weighted by Gasteiger charge is -2.10. The van der Waals surface area contributed by atoms with Crippen LogP contribution in [0.25, 0.3) is 0 Å². The molecule has 16 heavy (non-hydrogen) atoms. The second kappa shape index (κ2) is 5.72. The quantitative estimate of drug-likeness (QED) is 0.767. The fourth-order valence-electron chi connectivity index (χ4n) is 1.40. The minimum Gasteiger partial charge on any atom is -0.496 e. The van der Waals surface area contributed by atoms with Crippen LogP contribution < -0.4 is 10.5 Å². The number of nitrogens with two attached hydrogens (primary N) is 1. The number of methoxy groups -OCH3 is 1. The van der Waals surface area contributed by atoms with E-state index in [2.05, 4.69) is 0 Å². The fourth-order valence-corrected chi connectivity index (χ4v) is 1.61. The molecular formula is C11H14ClNO3. The van der Waals surface area contributed by atoms with Crippen LogP contribution in [0, 0.1) is 0 Å². The van der Waals surface area contributed by atoms with Crippen LogP contribution in [0.1, 0.15) is 11.1 Å². The molecule has 0 saturated carbocycles. The molecule has 1 aromatic rings. The summed E-state index contributed by atoms with van der Waals surface area (Å²) in [6, 6.07) is 4.48. The van der Waals surface area contributed by atoms with Crippen LogP contribution in [0.4, 0.5) is 0 Å². The predicted octanol–water partition coefficient (Wildman–Crippen LogP) is 1.39. The Hall–Kier alpha value is -1.26. The molecule has 0 aliphatic rings. The summed E-state index contributed by atoms with van der Waals surface area (Å²) in [5.74, 6) is 0.00478. The third-order valence-corrected chi connectivity index (χ3v) is 2.55. The zero-order valence-electron chi connectivity index (χ0n) is 8.94. The smallest absolute Gasteiger partial charge is 0.320 e. The van der Waals surface area contributed by atoms with Gasteiger partial charge in [0.05, 0.1) is 13.0 Å². The lowest BCUT2D eigenvalue weighted by Crippen LogP contribution is -2.32. The molecule has 1 rings (SSSR count). The van der Waals surface area contributed by atoms with Crippen molar-refractivity contribution < 1.29 is 14.6 Å². The van der Waals surface area contributed by atoms with Crippen molar-refractivity contribution in [3.63, 3.8) is 0 Å². The lowest BCUT2D eigenvalue weighted by molar-refractivity contribution is -0.138. The summed E-state index contributed by atoms with van der Waals surface area (Å²) < 4.78 is 5.11. The summed E-state index contributed by atoms with van der Waals surface area (Å²) in [5, 5.41) is 8.69. The van der Waals surface area contributed by atoms with E-state index >= 15 is 0 Å². The Morgan fingerprint density at radius 1 is 1.62 bits per heavy atom. The average molecular weight is 244 g/mol. The van der Waals surface area contributed by atoms with Crippen molar-refractivity contribution in [2.75, 3.05) is 7.11 Å². The molecule has 0 radical (unpaired) electrons. The van der Waals surface area contributed by atoms with Crippen LogP contribution in [0.15, 0.2) is 18.2 Å². The van der Waals surface area contributed by atoms with Gasteiger partial charge in [-0.1, -0.05) is 12.1 Å². The van der Waals surface area contributed by atoms with E-state index in [1.807, 2.05) is 6.07 Å². The number of alkyl halides is 1. The largest absolute Gasteiger partial charge is 0.496 e. The van der Waals surface area contributed by atoms with Gasteiger partial charge in [-0.3, -0.25) is 4.79 Å². The molecule has 0 aliphatic carbocycles. The second-order valence-electron chi connectivity index (χ2n) is 3.43. The maximum atomic E-state index is 10.6. The number of carbonyl (C=O) groups is 1. The molecule has 0 heterocycles. The topological polar surface area (TPSA) is 72.5 Å². The number of benzene rings is 1. The highest BCUT2D eigenvalue weighted by Crippen LogP contribution is 2.22. The van der Waals surface area contributed by atoms with Crippen molar-refractivity contribution in [2.45, 2.75) is 18.3 Å². The van der Waals surface area contributed by atoms with Gasteiger partial charge in [0.25, 0.3) is 0 Å². The van der Waals surface area contributed by atoms with Crippen molar-refractivity contribution in [3.8, 4) is 5.75 Å². The van der Waals surface area contributed by atoms with Crippen molar-refractivity contribution in [1.82, 2.24) is 0 Å².